The molecule has 1 saturated heterocycles. The fraction of sp³-hybridized carbons (Fsp3) is 0.750. The molecule has 1 heterocycles. The lowest BCUT2D eigenvalue weighted by Gasteiger charge is -2.31. The van der Waals surface area contributed by atoms with Gasteiger partial charge in [-0.1, -0.05) is 0 Å². The number of hydrogen-bond donors (Lipinski definition) is 4. The van der Waals surface area contributed by atoms with Gasteiger partial charge in [-0.3, -0.25) is 14.4 Å². The third kappa shape index (κ3) is 6.24. The van der Waals surface area contributed by atoms with E-state index in [-0.39, 0.29) is 24.9 Å². The second-order valence-corrected chi connectivity index (χ2v) is 5.28. The van der Waals surface area contributed by atoms with Crippen molar-refractivity contribution in [1.82, 2.24) is 5.32 Å². The molecule has 0 spiro atoms. The normalized spacial score (nSPS) is 23.6. The maximum atomic E-state index is 11.0. The van der Waals surface area contributed by atoms with E-state index in [1.165, 1.54) is 6.92 Å². The quantitative estimate of drug-likeness (QED) is 0.432. The zero-order valence-corrected chi connectivity index (χ0v) is 11.8. The zero-order valence-electron chi connectivity index (χ0n) is 11.8. The van der Waals surface area contributed by atoms with E-state index in [4.69, 9.17) is 14.9 Å². The summed E-state index contributed by atoms with van der Waals surface area (Å²) in [4.78, 5) is 32.5. The van der Waals surface area contributed by atoms with Gasteiger partial charge in [-0.15, -0.1) is 0 Å². The van der Waals surface area contributed by atoms with Crippen molar-refractivity contribution in [2.24, 2.45) is 5.92 Å². The standard InChI is InChI=1S/C12H20BNO7/c1-7(15)4-9-2-3-10(13(20)21-9)14-6-8(12(18)19)5-11(16)17/h8-10,14,20H,2-6H2,1H3,(H,16,17)(H,18,19)/t8?,9-,10-/m0/s1. The second-order valence-electron chi connectivity index (χ2n) is 5.28. The maximum absolute atomic E-state index is 11.0. The molecule has 0 bridgehead atoms. The third-order valence-electron chi connectivity index (χ3n) is 3.39. The molecule has 1 rings (SSSR count). The first kappa shape index (κ1) is 17.6. The monoisotopic (exact) mass is 301 g/mol. The second kappa shape index (κ2) is 8.11. The van der Waals surface area contributed by atoms with Gasteiger partial charge in [-0.05, 0) is 19.8 Å². The summed E-state index contributed by atoms with van der Waals surface area (Å²) >= 11 is 0. The summed E-state index contributed by atoms with van der Waals surface area (Å²) in [7, 11) is -1.14. The lowest BCUT2D eigenvalue weighted by molar-refractivity contribution is -0.148. The van der Waals surface area contributed by atoms with Crippen LogP contribution in [0.3, 0.4) is 0 Å². The molecule has 1 aliphatic heterocycles. The van der Waals surface area contributed by atoms with Crippen molar-refractivity contribution in [2.75, 3.05) is 6.54 Å². The van der Waals surface area contributed by atoms with Crippen LogP contribution in [0.1, 0.15) is 32.6 Å². The van der Waals surface area contributed by atoms with Crippen LogP contribution in [0.25, 0.3) is 0 Å². The summed E-state index contributed by atoms with van der Waals surface area (Å²) in [5, 5.41) is 30.2. The van der Waals surface area contributed by atoms with Crippen LogP contribution < -0.4 is 5.32 Å². The summed E-state index contributed by atoms with van der Waals surface area (Å²) < 4.78 is 5.29. The third-order valence-corrected chi connectivity index (χ3v) is 3.39. The highest BCUT2D eigenvalue weighted by molar-refractivity contribution is 6.45. The Morgan fingerprint density at radius 3 is 2.48 bits per heavy atom. The van der Waals surface area contributed by atoms with E-state index in [0.29, 0.717) is 12.8 Å². The molecule has 0 radical (unpaired) electrons. The number of nitrogens with one attached hydrogen (secondary N) is 1. The van der Waals surface area contributed by atoms with Crippen LogP contribution in [-0.2, 0) is 19.0 Å². The fourth-order valence-corrected chi connectivity index (χ4v) is 2.29. The average Bonchev–Trinajstić information content (AvgIpc) is 2.34. The molecule has 4 N–H and O–H groups in total. The molecular formula is C12H20BNO7. The van der Waals surface area contributed by atoms with Gasteiger partial charge in [0, 0.05) is 25.0 Å². The Bertz CT molecular complexity index is 403. The number of carbonyl (C=O) groups is 3. The van der Waals surface area contributed by atoms with Gasteiger partial charge >= 0.3 is 19.1 Å². The van der Waals surface area contributed by atoms with Crippen LogP contribution in [0.15, 0.2) is 0 Å². The minimum Gasteiger partial charge on any atom is -0.481 e. The number of Topliss-reactive ketones (excluding diaryl/α,β-unsaturated/α-hetero) is 1. The molecule has 3 atom stereocenters. The number of aliphatic carboxylic acids is 2. The Hall–Kier alpha value is -1.45. The zero-order chi connectivity index (χ0) is 16.0. The van der Waals surface area contributed by atoms with Gasteiger partial charge in [0.15, 0.2) is 0 Å². The van der Waals surface area contributed by atoms with Crippen molar-refractivity contribution in [1.29, 1.82) is 0 Å². The molecule has 0 aromatic rings. The molecule has 8 nitrogen and oxygen atoms in total. The van der Waals surface area contributed by atoms with Gasteiger partial charge in [0.05, 0.1) is 12.3 Å². The molecule has 118 valence electrons. The molecule has 9 heteroatoms. The lowest BCUT2D eigenvalue weighted by atomic mass is 9.72. The van der Waals surface area contributed by atoms with Crippen LogP contribution in [-0.4, -0.2) is 58.7 Å². The van der Waals surface area contributed by atoms with E-state index in [1.54, 1.807) is 0 Å². The number of rotatable bonds is 8. The largest absolute Gasteiger partial charge is 0.481 e. The molecule has 21 heavy (non-hydrogen) atoms. The Kier molecular flexibility index (Phi) is 6.80. The van der Waals surface area contributed by atoms with Gasteiger partial charge in [0.1, 0.15) is 5.78 Å². The first-order valence-electron chi connectivity index (χ1n) is 6.80. The van der Waals surface area contributed by atoms with Crippen LogP contribution >= 0.6 is 0 Å². The minimum absolute atomic E-state index is 0.0222. The number of carbonyl (C=O) groups excluding carboxylic acids is 1. The Balaban J connectivity index is 2.43. The molecule has 1 fully saturated rings. The van der Waals surface area contributed by atoms with Crippen molar-refractivity contribution in [2.45, 2.75) is 44.7 Å². The van der Waals surface area contributed by atoms with Crippen molar-refractivity contribution < 1.29 is 34.3 Å². The highest BCUT2D eigenvalue weighted by atomic mass is 16.5. The van der Waals surface area contributed by atoms with Crippen molar-refractivity contribution in [3.05, 3.63) is 0 Å². The Morgan fingerprint density at radius 1 is 1.33 bits per heavy atom. The number of hydrogen-bond acceptors (Lipinski definition) is 6. The van der Waals surface area contributed by atoms with Crippen LogP contribution in [0.4, 0.5) is 0 Å². The SMILES string of the molecule is CC(=O)C[C@@H]1CC[C@H](NCC(CC(=O)O)C(=O)O)B(O)O1. The van der Waals surface area contributed by atoms with Crippen LogP contribution in [0, 0.1) is 5.92 Å². The topological polar surface area (TPSA) is 133 Å². The first-order valence-corrected chi connectivity index (χ1v) is 6.80. The van der Waals surface area contributed by atoms with E-state index in [2.05, 4.69) is 5.32 Å². The molecule has 0 saturated carbocycles. The average molecular weight is 301 g/mol. The van der Waals surface area contributed by atoms with Gasteiger partial charge < -0.3 is 25.2 Å². The van der Waals surface area contributed by atoms with Gasteiger partial charge in [-0.25, -0.2) is 0 Å². The first-order chi connectivity index (χ1) is 9.79. The maximum Gasteiger partial charge on any atom is 0.472 e. The van der Waals surface area contributed by atoms with E-state index in [9.17, 15) is 19.4 Å². The molecular weight excluding hydrogens is 281 g/mol. The molecule has 1 aliphatic rings. The summed E-state index contributed by atoms with van der Waals surface area (Å²) in [5.41, 5.74) is 0. The summed E-state index contributed by atoms with van der Waals surface area (Å²) in [6.07, 6.45) is 0.521. The lowest BCUT2D eigenvalue weighted by Crippen LogP contribution is -2.52. The summed E-state index contributed by atoms with van der Waals surface area (Å²) in [6, 6.07) is 0. The molecule has 1 unspecified atom stereocenters. The van der Waals surface area contributed by atoms with Crippen LogP contribution in [0.5, 0.6) is 0 Å². The van der Waals surface area contributed by atoms with Gasteiger partial charge in [0.2, 0.25) is 0 Å². The minimum atomic E-state index is -1.20. The summed E-state index contributed by atoms with van der Waals surface area (Å²) in [6.45, 7) is 1.38. The van der Waals surface area contributed by atoms with Crippen LogP contribution in [0.2, 0.25) is 0 Å². The van der Waals surface area contributed by atoms with Crippen molar-refractivity contribution in [3.63, 3.8) is 0 Å². The Labute approximate surface area is 122 Å². The van der Waals surface area contributed by atoms with Gasteiger partial charge in [0.25, 0.3) is 0 Å². The Morgan fingerprint density at radius 2 is 2.00 bits per heavy atom. The van der Waals surface area contributed by atoms with Gasteiger partial charge in [-0.2, -0.15) is 0 Å². The highest BCUT2D eigenvalue weighted by Gasteiger charge is 2.36. The predicted octanol–water partition coefficient (Wildman–Crippen LogP) is -0.702. The predicted molar refractivity (Wildman–Crippen MR) is 72.5 cm³/mol. The number of carboxylic acid groups (broad SMARTS) is 2. The van der Waals surface area contributed by atoms with E-state index in [1.807, 2.05) is 0 Å². The fourth-order valence-electron chi connectivity index (χ4n) is 2.29. The molecule has 0 aromatic carbocycles. The number of carboxylic acids is 2. The molecule has 0 aromatic heterocycles. The van der Waals surface area contributed by atoms with E-state index >= 15 is 0 Å². The van der Waals surface area contributed by atoms with Crippen molar-refractivity contribution >= 4 is 24.8 Å². The van der Waals surface area contributed by atoms with E-state index in [0.717, 1.165) is 0 Å². The smallest absolute Gasteiger partial charge is 0.472 e. The van der Waals surface area contributed by atoms with E-state index < -0.39 is 37.3 Å². The van der Waals surface area contributed by atoms with Crippen molar-refractivity contribution in [3.8, 4) is 0 Å². The molecule has 0 amide bonds. The number of ketones is 1. The summed E-state index contributed by atoms with van der Waals surface area (Å²) in [5.74, 6) is -3.95. The highest BCUT2D eigenvalue weighted by Crippen LogP contribution is 2.19. The molecule has 0 aliphatic carbocycles.